The molecule has 3 atom stereocenters. The summed E-state index contributed by atoms with van der Waals surface area (Å²) >= 11 is 0. The van der Waals surface area contributed by atoms with Crippen molar-refractivity contribution in [3.8, 4) is 0 Å². The van der Waals surface area contributed by atoms with Gasteiger partial charge in [0.1, 0.15) is 0 Å². The second-order valence-corrected chi connectivity index (χ2v) is 5.95. The maximum atomic E-state index is 12.3. The summed E-state index contributed by atoms with van der Waals surface area (Å²) in [6, 6.07) is 0.287. The summed E-state index contributed by atoms with van der Waals surface area (Å²) in [6.45, 7) is 3.33. The minimum absolute atomic E-state index is 0.0360. The van der Waals surface area contributed by atoms with Crippen LogP contribution in [0.5, 0.6) is 0 Å². The number of hydrogen-bond acceptors (Lipinski definition) is 3. The third-order valence-corrected chi connectivity index (χ3v) is 4.47. The molecule has 0 saturated carbocycles. The highest BCUT2D eigenvalue weighted by Gasteiger charge is 2.31. The number of nitrogens with one attached hydrogen (secondary N) is 1. The van der Waals surface area contributed by atoms with Crippen LogP contribution in [0.2, 0.25) is 0 Å². The Morgan fingerprint density at radius 2 is 2.05 bits per heavy atom. The zero-order chi connectivity index (χ0) is 15.2. The molecule has 3 unspecified atom stereocenters. The van der Waals surface area contributed by atoms with Gasteiger partial charge in [0.15, 0.2) is 6.10 Å². The summed E-state index contributed by atoms with van der Waals surface area (Å²) in [5.74, 6) is -0.914. The lowest BCUT2D eigenvalue weighted by Gasteiger charge is -2.29. The molecule has 0 aromatic rings. The fourth-order valence-electron chi connectivity index (χ4n) is 3.21. The van der Waals surface area contributed by atoms with Crippen LogP contribution in [0.3, 0.4) is 0 Å². The van der Waals surface area contributed by atoms with Crippen molar-refractivity contribution in [3.05, 3.63) is 0 Å². The fourth-order valence-corrected chi connectivity index (χ4v) is 3.21. The lowest BCUT2D eigenvalue weighted by atomic mass is 10.1. The van der Waals surface area contributed by atoms with Crippen LogP contribution in [0.15, 0.2) is 0 Å². The van der Waals surface area contributed by atoms with Gasteiger partial charge >= 0.3 is 12.0 Å². The molecular weight excluding hydrogens is 272 g/mol. The highest BCUT2D eigenvalue weighted by atomic mass is 16.5. The smallest absolute Gasteiger partial charge is 0.332 e. The Kier molecular flexibility index (Phi) is 5.85. The van der Waals surface area contributed by atoms with E-state index in [4.69, 9.17) is 9.84 Å². The van der Waals surface area contributed by atoms with Gasteiger partial charge in [0.05, 0.1) is 6.10 Å². The van der Waals surface area contributed by atoms with E-state index in [2.05, 4.69) is 12.2 Å². The number of aliphatic carboxylic acids is 1. The van der Waals surface area contributed by atoms with Crippen LogP contribution in [0.25, 0.3) is 0 Å². The molecule has 2 aliphatic rings. The summed E-state index contributed by atoms with van der Waals surface area (Å²) in [6.07, 6.45) is 5.81. The number of urea groups is 1. The van der Waals surface area contributed by atoms with E-state index in [-0.39, 0.29) is 12.1 Å². The van der Waals surface area contributed by atoms with Gasteiger partial charge in [-0.05, 0) is 32.1 Å². The number of amides is 2. The van der Waals surface area contributed by atoms with E-state index in [1.165, 1.54) is 12.8 Å². The predicted molar refractivity (Wildman–Crippen MR) is 78.2 cm³/mol. The molecule has 2 heterocycles. The summed E-state index contributed by atoms with van der Waals surface area (Å²) < 4.78 is 5.41. The zero-order valence-corrected chi connectivity index (χ0v) is 12.7. The van der Waals surface area contributed by atoms with Crippen molar-refractivity contribution >= 4 is 12.0 Å². The number of carboxylic acid groups (broad SMARTS) is 1. The summed E-state index contributed by atoms with van der Waals surface area (Å²) in [5.41, 5.74) is 0. The average Bonchev–Trinajstić information content (AvgIpc) is 2.82. The number of hydrogen-bond donors (Lipinski definition) is 2. The number of nitrogens with zero attached hydrogens (tertiary/aromatic N) is 1. The van der Waals surface area contributed by atoms with Crippen LogP contribution >= 0.6 is 0 Å². The van der Waals surface area contributed by atoms with Crippen LogP contribution in [0, 0.1) is 0 Å². The molecule has 0 spiro atoms. The quantitative estimate of drug-likeness (QED) is 0.832. The molecule has 120 valence electrons. The largest absolute Gasteiger partial charge is 0.479 e. The van der Waals surface area contributed by atoms with E-state index in [0.717, 1.165) is 25.8 Å². The van der Waals surface area contributed by atoms with Crippen molar-refractivity contribution in [3.63, 3.8) is 0 Å². The summed E-state index contributed by atoms with van der Waals surface area (Å²) in [5, 5.41) is 11.8. The van der Waals surface area contributed by atoms with Gasteiger partial charge in [-0.2, -0.15) is 0 Å². The molecule has 21 heavy (non-hydrogen) atoms. The maximum absolute atomic E-state index is 12.3. The Hall–Kier alpha value is -1.30. The molecule has 0 aromatic heterocycles. The number of carboxylic acids is 1. The molecule has 0 aliphatic carbocycles. The Balaban J connectivity index is 1.79. The third-order valence-electron chi connectivity index (χ3n) is 4.47. The lowest BCUT2D eigenvalue weighted by Crippen LogP contribution is -2.47. The number of likely N-dealkylation sites (tertiary alicyclic amines) is 1. The normalized spacial score (nSPS) is 30.0. The van der Waals surface area contributed by atoms with Gasteiger partial charge in [-0.25, -0.2) is 9.59 Å². The van der Waals surface area contributed by atoms with Crippen LogP contribution in [0.1, 0.15) is 51.9 Å². The molecule has 2 fully saturated rings. The van der Waals surface area contributed by atoms with Gasteiger partial charge in [-0.3, -0.25) is 0 Å². The molecule has 2 amide bonds. The second-order valence-electron chi connectivity index (χ2n) is 5.95. The van der Waals surface area contributed by atoms with Crippen molar-refractivity contribution in [1.82, 2.24) is 10.2 Å². The minimum Gasteiger partial charge on any atom is -0.479 e. The number of ether oxygens (including phenoxy) is 1. The van der Waals surface area contributed by atoms with Crippen LogP contribution < -0.4 is 5.32 Å². The van der Waals surface area contributed by atoms with E-state index in [1.807, 2.05) is 4.90 Å². The monoisotopic (exact) mass is 298 g/mol. The molecule has 2 N–H and O–H groups in total. The molecule has 0 bridgehead atoms. The van der Waals surface area contributed by atoms with Gasteiger partial charge in [0.25, 0.3) is 0 Å². The second kappa shape index (κ2) is 7.64. The number of rotatable bonds is 4. The van der Waals surface area contributed by atoms with Crippen molar-refractivity contribution in [2.75, 3.05) is 13.1 Å². The number of carbonyl (C=O) groups is 2. The standard InChI is InChI=1S/C15H26N2O4/c1-2-11-6-4-3-5-9-17(11)15(20)16-10-12-7-8-13(21-12)14(18)19/h11-13H,2-10H2,1H3,(H,16,20)(H,18,19). The van der Waals surface area contributed by atoms with Gasteiger partial charge < -0.3 is 20.1 Å². The Bertz CT molecular complexity index is 375. The van der Waals surface area contributed by atoms with Crippen molar-refractivity contribution in [1.29, 1.82) is 0 Å². The first-order chi connectivity index (χ1) is 10.1. The van der Waals surface area contributed by atoms with Gasteiger partial charge in [-0.15, -0.1) is 0 Å². The molecule has 2 saturated heterocycles. The van der Waals surface area contributed by atoms with Crippen LogP contribution in [0.4, 0.5) is 4.79 Å². The van der Waals surface area contributed by atoms with Crippen molar-refractivity contribution in [2.24, 2.45) is 0 Å². The number of carbonyl (C=O) groups excluding carboxylic acids is 1. The first kappa shape index (κ1) is 16.1. The molecule has 0 radical (unpaired) electrons. The predicted octanol–water partition coefficient (Wildman–Crippen LogP) is 1.98. The third kappa shape index (κ3) is 4.33. The van der Waals surface area contributed by atoms with Crippen molar-refractivity contribution in [2.45, 2.75) is 70.1 Å². The Morgan fingerprint density at radius 3 is 2.71 bits per heavy atom. The van der Waals surface area contributed by atoms with Gasteiger partial charge in [0.2, 0.25) is 0 Å². The Labute approximate surface area is 125 Å². The van der Waals surface area contributed by atoms with Crippen LogP contribution in [-0.2, 0) is 9.53 Å². The van der Waals surface area contributed by atoms with E-state index in [9.17, 15) is 9.59 Å². The maximum Gasteiger partial charge on any atom is 0.332 e. The zero-order valence-electron chi connectivity index (χ0n) is 12.7. The first-order valence-electron chi connectivity index (χ1n) is 8.04. The van der Waals surface area contributed by atoms with Gasteiger partial charge in [-0.1, -0.05) is 19.8 Å². The highest BCUT2D eigenvalue weighted by Crippen LogP contribution is 2.21. The lowest BCUT2D eigenvalue weighted by molar-refractivity contribution is -0.149. The van der Waals surface area contributed by atoms with Crippen molar-refractivity contribution < 1.29 is 19.4 Å². The molecule has 6 heteroatoms. The van der Waals surface area contributed by atoms with E-state index in [0.29, 0.717) is 25.4 Å². The minimum atomic E-state index is -0.914. The van der Waals surface area contributed by atoms with E-state index in [1.54, 1.807) is 0 Å². The Morgan fingerprint density at radius 1 is 1.24 bits per heavy atom. The molecular formula is C15H26N2O4. The topological polar surface area (TPSA) is 78.9 Å². The van der Waals surface area contributed by atoms with E-state index >= 15 is 0 Å². The SMILES string of the molecule is CCC1CCCCCN1C(=O)NCC1CCC(C(=O)O)O1. The highest BCUT2D eigenvalue weighted by molar-refractivity contribution is 5.74. The first-order valence-corrected chi connectivity index (χ1v) is 8.04. The molecule has 6 nitrogen and oxygen atoms in total. The molecule has 0 aromatic carbocycles. The van der Waals surface area contributed by atoms with E-state index < -0.39 is 12.1 Å². The summed E-state index contributed by atoms with van der Waals surface area (Å²) in [4.78, 5) is 25.1. The molecule has 2 aliphatic heterocycles. The van der Waals surface area contributed by atoms with Gasteiger partial charge in [0, 0.05) is 19.1 Å². The van der Waals surface area contributed by atoms with Crippen LogP contribution in [-0.4, -0.2) is 53.3 Å². The summed E-state index contributed by atoms with van der Waals surface area (Å²) in [7, 11) is 0. The fraction of sp³-hybridized carbons (Fsp3) is 0.867. The average molecular weight is 298 g/mol. The molecule has 2 rings (SSSR count).